The van der Waals surface area contributed by atoms with Crippen LogP contribution in [0.5, 0.6) is 0 Å². The van der Waals surface area contributed by atoms with Crippen molar-refractivity contribution in [1.82, 2.24) is 9.76 Å². The first kappa shape index (κ1) is 6.43. The van der Waals surface area contributed by atoms with Crippen LogP contribution in [0.15, 0.2) is 0 Å². The molecular formula is C7H15Cl2N2O2P. The van der Waals surface area contributed by atoms with Crippen molar-refractivity contribution in [2.45, 2.75) is 6.42 Å². The van der Waals surface area contributed by atoms with Crippen LogP contribution in [0.4, 0.5) is 0 Å². The Morgan fingerprint density at radius 3 is 3.00 bits per heavy atom. The van der Waals surface area contributed by atoms with Gasteiger partial charge in [0.1, 0.15) is 0 Å². The summed E-state index contributed by atoms with van der Waals surface area (Å²) in [4.78, 5) is 0. The molecule has 1 aliphatic rings. The third-order valence-electron chi connectivity index (χ3n) is 1.53. The third-order valence-corrected chi connectivity index (χ3v) is 3.72. The average Bonchev–Trinajstić information content (AvgIpc) is 2.08. The van der Waals surface area contributed by atoms with Gasteiger partial charge < -0.3 is 4.52 Å². The highest BCUT2D eigenvalue weighted by molar-refractivity contribution is 7.54. The fraction of sp³-hybridized carbons (Fsp3) is 1.00. The van der Waals surface area contributed by atoms with Crippen molar-refractivity contribution < 1.29 is 17.3 Å². The van der Waals surface area contributed by atoms with E-state index in [4.69, 9.17) is 36.0 Å². The van der Waals surface area contributed by atoms with E-state index >= 15 is 0 Å². The molecule has 0 radical (unpaired) electrons. The highest BCUT2D eigenvalue weighted by Gasteiger charge is 2.32. The SMILES string of the molecule is [2H]C([2H])(Cl)CN(CCCl)P1(=O)NC([2H])([2H])CC([2H])([2H])O1. The zero-order chi connectivity index (χ0) is 15.8. The highest BCUT2D eigenvalue weighted by atomic mass is 35.5. The Kier molecular flexibility index (Phi) is 2.90. The summed E-state index contributed by atoms with van der Waals surface area (Å²) < 4.78 is 63.1. The van der Waals surface area contributed by atoms with Crippen LogP contribution in [0.2, 0.25) is 0 Å². The summed E-state index contributed by atoms with van der Waals surface area (Å²) in [5.41, 5.74) is 0. The average molecular weight is 267 g/mol. The molecule has 0 saturated carbocycles. The molecule has 0 aromatic carbocycles. The molecule has 14 heavy (non-hydrogen) atoms. The summed E-state index contributed by atoms with van der Waals surface area (Å²) in [6.07, 6.45) is -0.646. The first-order valence-corrected chi connectivity index (χ1v) is 6.38. The van der Waals surface area contributed by atoms with Crippen molar-refractivity contribution in [3.05, 3.63) is 0 Å². The Labute approximate surface area is 103 Å². The molecule has 1 N–H and O–H groups in total. The molecule has 7 heteroatoms. The van der Waals surface area contributed by atoms with Gasteiger partial charge in [0.05, 0.1) is 9.30 Å². The second-order valence-corrected chi connectivity index (χ2v) is 5.09. The van der Waals surface area contributed by atoms with Gasteiger partial charge in [-0.25, -0.2) is 9.76 Å². The Morgan fingerprint density at radius 2 is 2.43 bits per heavy atom. The minimum atomic E-state index is -4.16. The molecule has 1 saturated heterocycles. The minimum absolute atomic E-state index is 0.0337. The van der Waals surface area contributed by atoms with Gasteiger partial charge in [0, 0.05) is 36.8 Å². The zero-order valence-corrected chi connectivity index (χ0v) is 9.70. The fourth-order valence-corrected chi connectivity index (χ4v) is 2.91. The van der Waals surface area contributed by atoms with E-state index in [1.165, 1.54) is 0 Å². The topological polar surface area (TPSA) is 41.6 Å². The Hall–Kier alpha value is 0.690. The third kappa shape index (κ3) is 3.37. The fourth-order valence-electron chi connectivity index (χ4n) is 0.917. The van der Waals surface area contributed by atoms with Gasteiger partial charge >= 0.3 is 7.67 Å². The molecule has 0 amide bonds. The van der Waals surface area contributed by atoms with Gasteiger partial charge in [0.25, 0.3) is 0 Å². The van der Waals surface area contributed by atoms with E-state index < -0.39 is 39.5 Å². The number of rotatable bonds is 5. The predicted molar refractivity (Wildman–Crippen MR) is 59.2 cm³/mol. The lowest BCUT2D eigenvalue weighted by atomic mass is 10.5. The molecule has 0 aliphatic carbocycles. The molecule has 1 fully saturated rings. The molecule has 84 valence electrons. The smallest absolute Gasteiger partial charge is 0.306 e. The van der Waals surface area contributed by atoms with Crippen LogP contribution in [-0.4, -0.2) is 42.5 Å². The number of hydrogen-bond donors (Lipinski definition) is 1. The van der Waals surface area contributed by atoms with Crippen LogP contribution in [-0.2, 0) is 9.09 Å². The van der Waals surface area contributed by atoms with Crippen LogP contribution < -0.4 is 5.09 Å². The summed E-state index contributed by atoms with van der Waals surface area (Å²) in [7, 11) is -4.16. The zero-order valence-electron chi connectivity index (χ0n) is 13.3. The second kappa shape index (κ2) is 6.31. The molecule has 1 unspecified atom stereocenters. The first-order valence-electron chi connectivity index (χ1n) is 6.89. The summed E-state index contributed by atoms with van der Waals surface area (Å²) in [5, 5.41) is 2.10. The van der Waals surface area contributed by atoms with Gasteiger partial charge in [-0.3, -0.25) is 4.57 Å². The van der Waals surface area contributed by atoms with Crippen molar-refractivity contribution in [2.75, 3.05) is 37.9 Å². The summed E-state index contributed by atoms with van der Waals surface area (Å²) in [5.74, 6) is -2.28. The Balaban J connectivity index is 3.06. The van der Waals surface area contributed by atoms with E-state index in [2.05, 4.69) is 5.09 Å². The maximum atomic E-state index is 12.7. The second-order valence-electron chi connectivity index (χ2n) is 2.43. The molecule has 0 aromatic heterocycles. The van der Waals surface area contributed by atoms with Crippen LogP contribution >= 0.6 is 30.9 Å². The van der Waals surface area contributed by atoms with E-state index in [0.29, 0.717) is 0 Å². The molecule has 0 bridgehead atoms. The number of nitrogens with one attached hydrogen (secondary N) is 1. The quantitative estimate of drug-likeness (QED) is 0.610. The Bertz CT molecular complexity index is 387. The van der Waals surface area contributed by atoms with Crippen LogP contribution in [0.1, 0.15) is 14.6 Å². The lowest BCUT2D eigenvalue weighted by Crippen LogP contribution is -2.35. The van der Waals surface area contributed by atoms with Crippen molar-refractivity contribution >= 4 is 30.9 Å². The molecule has 0 spiro atoms. The van der Waals surface area contributed by atoms with E-state index in [1.54, 1.807) is 0 Å². The van der Waals surface area contributed by atoms with Gasteiger partial charge in [0.15, 0.2) is 0 Å². The van der Waals surface area contributed by atoms with Crippen LogP contribution in [0, 0.1) is 0 Å². The van der Waals surface area contributed by atoms with Crippen molar-refractivity contribution in [1.29, 1.82) is 0 Å². The Morgan fingerprint density at radius 1 is 1.64 bits per heavy atom. The summed E-state index contributed by atoms with van der Waals surface area (Å²) >= 11 is 11.0. The van der Waals surface area contributed by atoms with Gasteiger partial charge in [0.2, 0.25) is 0 Å². The van der Waals surface area contributed by atoms with Gasteiger partial charge in [-0.2, -0.15) is 0 Å². The summed E-state index contributed by atoms with van der Waals surface area (Å²) in [6.45, 7) is -5.38. The van der Waals surface area contributed by atoms with E-state index in [1.807, 2.05) is 0 Å². The van der Waals surface area contributed by atoms with E-state index in [9.17, 15) is 4.57 Å². The van der Waals surface area contributed by atoms with Gasteiger partial charge in [-0.15, -0.1) is 23.2 Å². The standard InChI is InChI=1S/C7H15Cl2N2O2P/c8-2-5-11(6-3-9)14(12)10-4-1-7-13-14/h1-7H2,(H,10,12)/i2D2,4D2,7D2. The molecule has 1 atom stereocenters. The largest absolute Gasteiger partial charge is 0.343 e. The van der Waals surface area contributed by atoms with Gasteiger partial charge in [-0.05, 0) is 6.42 Å². The van der Waals surface area contributed by atoms with E-state index in [0.717, 1.165) is 4.67 Å². The summed E-state index contributed by atoms with van der Waals surface area (Å²) in [6, 6.07) is 0. The lowest BCUT2D eigenvalue weighted by Gasteiger charge is -2.33. The maximum absolute atomic E-state index is 12.7. The van der Waals surface area contributed by atoms with Crippen molar-refractivity contribution in [3.63, 3.8) is 0 Å². The number of nitrogens with zero attached hydrogens (tertiary/aromatic N) is 1. The molecular weight excluding hydrogens is 246 g/mol. The van der Waals surface area contributed by atoms with Crippen molar-refractivity contribution in [2.24, 2.45) is 0 Å². The van der Waals surface area contributed by atoms with E-state index in [-0.39, 0.29) is 12.4 Å². The first-order chi connectivity index (χ1) is 8.79. The number of alkyl halides is 2. The monoisotopic (exact) mass is 266 g/mol. The molecule has 1 aliphatic heterocycles. The number of hydrogen-bond acceptors (Lipinski definition) is 2. The van der Waals surface area contributed by atoms with Gasteiger partial charge in [-0.1, -0.05) is 0 Å². The minimum Gasteiger partial charge on any atom is -0.306 e. The maximum Gasteiger partial charge on any atom is 0.343 e. The highest BCUT2D eigenvalue weighted by Crippen LogP contribution is 2.47. The molecule has 1 rings (SSSR count). The predicted octanol–water partition coefficient (Wildman–Crippen LogP) is 1.88. The van der Waals surface area contributed by atoms with Crippen LogP contribution in [0.3, 0.4) is 0 Å². The normalized spacial score (nSPS) is 42.8. The molecule has 0 aromatic rings. The lowest BCUT2D eigenvalue weighted by molar-refractivity contribution is 0.233. The number of halogens is 2. The van der Waals surface area contributed by atoms with Crippen LogP contribution in [0.25, 0.3) is 0 Å². The molecule has 4 nitrogen and oxygen atoms in total. The molecule has 1 heterocycles. The van der Waals surface area contributed by atoms with Crippen molar-refractivity contribution in [3.8, 4) is 0 Å².